The minimum absolute atomic E-state index is 0.197. The maximum absolute atomic E-state index is 12.3. The van der Waals surface area contributed by atoms with Crippen molar-refractivity contribution in [2.75, 3.05) is 13.2 Å². The smallest absolute Gasteiger partial charge is 0.339 e. The minimum atomic E-state index is -0.457. The molecule has 0 saturated carbocycles. The maximum Gasteiger partial charge on any atom is 0.339 e. The van der Waals surface area contributed by atoms with E-state index in [4.69, 9.17) is 4.74 Å². The van der Waals surface area contributed by atoms with Gasteiger partial charge in [0, 0.05) is 6.54 Å². The van der Waals surface area contributed by atoms with Crippen LogP contribution in [0.5, 0.6) is 0 Å². The van der Waals surface area contributed by atoms with Crippen LogP contribution in [0, 0.1) is 20.8 Å². The summed E-state index contributed by atoms with van der Waals surface area (Å²) in [5, 5.41) is 2.81. The lowest BCUT2D eigenvalue weighted by molar-refractivity contribution is -0.124. The van der Waals surface area contributed by atoms with Gasteiger partial charge in [-0.3, -0.25) is 4.79 Å². The van der Waals surface area contributed by atoms with E-state index in [9.17, 15) is 9.59 Å². The molecule has 132 valence electrons. The molecule has 0 aliphatic rings. The average Bonchev–Trinajstić information content (AvgIpc) is 2.57. The van der Waals surface area contributed by atoms with E-state index in [1.807, 2.05) is 70.2 Å². The summed E-state index contributed by atoms with van der Waals surface area (Å²) < 4.78 is 5.18. The fraction of sp³-hybridized carbons (Fsp3) is 0.333. The second-order valence-electron chi connectivity index (χ2n) is 6.47. The lowest BCUT2D eigenvalue weighted by atomic mass is 10.00. The molecule has 4 heteroatoms. The summed E-state index contributed by atoms with van der Waals surface area (Å²) in [5.41, 5.74) is 4.52. The van der Waals surface area contributed by atoms with Gasteiger partial charge < -0.3 is 10.1 Å². The Kier molecular flexibility index (Phi) is 6.34. The molecule has 4 nitrogen and oxygen atoms in total. The lowest BCUT2D eigenvalue weighted by Crippen LogP contribution is -2.31. The molecule has 1 N–H and O–H groups in total. The molecule has 0 heterocycles. The van der Waals surface area contributed by atoms with Crippen molar-refractivity contribution in [3.8, 4) is 0 Å². The van der Waals surface area contributed by atoms with Crippen LogP contribution in [-0.2, 0) is 9.53 Å². The zero-order valence-electron chi connectivity index (χ0n) is 15.3. The first-order chi connectivity index (χ1) is 11.9. The van der Waals surface area contributed by atoms with Crippen LogP contribution in [0.1, 0.15) is 45.5 Å². The van der Waals surface area contributed by atoms with Crippen LogP contribution in [0.4, 0.5) is 0 Å². The highest BCUT2D eigenvalue weighted by atomic mass is 16.5. The van der Waals surface area contributed by atoms with Gasteiger partial charge in [-0.15, -0.1) is 0 Å². The monoisotopic (exact) mass is 339 g/mol. The number of hydrogen-bond acceptors (Lipinski definition) is 3. The molecule has 0 fully saturated rings. The van der Waals surface area contributed by atoms with Crippen LogP contribution in [0.2, 0.25) is 0 Å². The zero-order chi connectivity index (χ0) is 18.4. The van der Waals surface area contributed by atoms with E-state index in [0.717, 1.165) is 22.3 Å². The number of rotatable bonds is 6. The minimum Gasteiger partial charge on any atom is -0.452 e. The number of carbonyl (C=O) groups is 2. The van der Waals surface area contributed by atoms with Gasteiger partial charge >= 0.3 is 5.97 Å². The normalized spacial score (nSPS) is 11.7. The molecule has 1 atom stereocenters. The Labute approximate surface area is 149 Å². The standard InChI is InChI=1S/C21H25NO3/c1-14-10-15(2)20(16(3)11-14)21(24)25-13-19(23)22-12-17(4)18-8-6-5-7-9-18/h5-11,17H,12-13H2,1-4H3,(H,22,23)/t17-/m0/s1. The number of hydrogen-bond donors (Lipinski definition) is 1. The van der Waals surface area contributed by atoms with E-state index in [1.165, 1.54) is 0 Å². The molecule has 0 aliphatic carbocycles. The summed E-state index contributed by atoms with van der Waals surface area (Å²) >= 11 is 0. The SMILES string of the molecule is Cc1cc(C)c(C(=O)OCC(=O)NC[C@H](C)c2ccccc2)c(C)c1. The van der Waals surface area contributed by atoms with Gasteiger partial charge in [-0.1, -0.05) is 55.0 Å². The first kappa shape index (κ1) is 18.7. The van der Waals surface area contributed by atoms with Crippen LogP contribution in [0.3, 0.4) is 0 Å². The van der Waals surface area contributed by atoms with Crippen molar-refractivity contribution in [2.45, 2.75) is 33.6 Å². The molecular formula is C21H25NO3. The Morgan fingerprint density at radius 1 is 1.04 bits per heavy atom. The largest absolute Gasteiger partial charge is 0.452 e. The van der Waals surface area contributed by atoms with Crippen molar-refractivity contribution in [3.63, 3.8) is 0 Å². The molecule has 0 spiro atoms. The molecule has 0 radical (unpaired) electrons. The molecule has 0 unspecified atom stereocenters. The van der Waals surface area contributed by atoms with E-state index >= 15 is 0 Å². The summed E-state index contributed by atoms with van der Waals surface area (Å²) in [6, 6.07) is 13.8. The molecule has 0 saturated heterocycles. The molecule has 0 aliphatic heterocycles. The Morgan fingerprint density at radius 3 is 2.24 bits per heavy atom. The van der Waals surface area contributed by atoms with Crippen molar-refractivity contribution in [2.24, 2.45) is 0 Å². The fourth-order valence-electron chi connectivity index (χ4n) is 2.92. The third-order valence-electron chi connectivity index (χ3n) is 4.19. The van der Waals surface area contributed by atoms with Gasteiger partial charge in [-0.25, -0.2) is 4.79 Å². The molecule has 2 rings (SSSR count). The number of benzene rings is 2. The molecular weight excluding hydrogens is 314 g/mol. The third-order valence-corrected chi connectivity index (χ3v) is 4.19. The van der Waals surface area contributed by atoms with E-state index in [-0.39, 0.29) is 18.4 Å². The van der Waals surface area contributed by atoms with Gasteiger partial charge in [0.05, 0.1) is 5.56 Å². The van der Waals surface area contributed by atoms with Crippen molar-refractivity contribution in [3.05, 3.63) is 70.3 Å². The summed E-state index contributed by atoms with van der Waals surface area (Å²) in [7, 11) is 0. The van der Waals surface area contributed by atoms with Crippen LogP contribution >= 0.6 is 0 Å². The first-order valence-corrected chi connectivity index (χ1v) is 8.45. The third kappa shape index (κ3) is 5.18. The zero-order valence-corrected chi connectivity index (χ0v) is 15.3. The predicted octanol–water partition coefficient (Wildman–Crippen LogP) is 3.69. The molecule has 1 amide bonds. The van der Waals surface area contributed by atoms with Crippen LogP contribution in [0.15, 0.2) is 42.5 Å². The van der Waals surface area contributed by atoms with Crippen molar-refractivity contribution >= 4 is 11.9 Å². The van der Waals surface area contributed by atoms with E-state index in [1.54, 1.807) is 0 Å². The Balaban J connectivity index is 1.85. The first-order valence-electron chi connectivity index (χ1n) is 8.45. The molecule has 25 heavy (non-hydrogen) atoms. The molecule has 0 bridgehead atoms. The van der Waals surface area contributed by atoms with Crippen LogP contribution < -0.4 is 5.32 Å². The lowest BCUT2D eigenvalue weighted by Gasteiger charge is -2.14. The quantitative estimate of drug-likeness (QED) is 0.817. The Hall–Kier alpha value is -2.62. The number of carbonyl (C=O) groups excluding carboxylic acids is 2. The number of nitrogens with one attached hydrogen (secondary N) is 1. The Morgan fingerprint density at radius 2 is 1.64 bits per heavy atom. The average molecular weight is 339 g/mol. The number of ether oxygens (including phenoxy) is 1. The number of aryl methyl sites for hydroxylation is 3. The second-order valence-corrected chi connectivity index (χ2v) is 6.47. The topological polar surface area (TPSA) is 55.4 Å². The summed E-state index contributed by atoms with van der Waals surface area (Å²) in [4.78, 5) is 24.2. The van der Waals surface area contributed by atoms with Crippen molar-refractivity contribution in [1.29, 1.82) is 0 Å². The highest BCUT2D eigenvalue weighted by Crippen LogP contribution is 2.17. The van der Waals surface area contributed by atoms with Crippen molar-refractivity contribution < 1.29 is 14.3 Å². The predicted molar refractivity (Wildman–Crippen MR) is 98.8 cm³/mol. The van der Waals surface area contributed by atoms with E-state index in [2.05, 4.69) is 5.32 Å². The van der Waals surface area contributed by atoms with Gasteiger partial charge in [-0.2, -0.15) is 0 Å². The van der Waals surface area contributed by atoms with Gasteiger partial charge in [0.15, 0.2) is 6.61 Å². The second kappa shape index (κ2) is 8.47. The summed E-state index contributed by atoms with van der Waals surface area (Å²) in [5.74, 6) is -0.553. The fourth-order valence-corrected chi connectivity index (χ4v) is 2.92. The highest BCUT2D eigenvalue weighted by Gasteiger charge is 2.16. The maximum atomic E-state index is 12.3. The summed E-state index contributed by atoms with van der Waals surface area (Å²) in [6.07, 6.45) is 0. The van der Waals surface area contributed by atoms with Gasteiger partial charge in [0.25, 0.3) is 5.91 Å². The highest BCUT2D eigenvalue weighted by molar-refractivity contribution is 5.94. The van der Waals surface area contributed by atoms with Gasteiger partial charge in [0.1, 0.15) is 0 Å². The molecule has 0 aromatic heterocycles. The Bertz CT molecular complexity index is 730. The van der Waals surface area contributed by atoms with E-state index in [0.29, 0.717) is 12.1 Å². The van der Waals surface area contributed by atoms with Gasteiger partial charge in [-0.05, 0) is 43.4 Å². The van der Waals surface area contributed by atoms with Gasteiger partial charge in [0.2, 0.25) is 0 Å². The summed E-state index contributed by atoms with van der Waals surface area (Å²) in [6.45, 7) is 8.00. The van der Waals surface area contributed by atoms with E-state index < -0.39 is 5.97 Å². The van der Waals surface area contributed by atoms with Crippen LogP contribution in [-0.4, -0.2) is 25.0 Å². The molecule has 2 aromatic rings. The molecule has 2 aromatic carbocycles. The number of amides is 1. The van der Waals surface area contributed by atoms with Crippen LogP contribution in [0.25, 0.3) is 0 Å². The van der Waals surface area contributed by atoms with Crippen molar-refractivity contribution in [1.82, 2.24) is 5.32 Å². The number of esters is 1.